The topological polar surface area (TPSA) is 57.4 Å². The summed E-state index contributed by atoms with van der Waals surface area (Å²) in [6.07, 6.45) is 5.05. The molecule has 5 aromatic carbocycles. The van der Waals surface area contributed by atoms with Crippen LogP contribution in [0.1, 0.15) is 28.2 Å². The van der Waals surface area contributed by atoms with Crippen molar-refractivity contribution in [3.63, 3.8) is 0 Å². The lowest BCUT2D eigenvalue weighted by Crippen LogP contribution is -1.94. The normalized spacial score (nSPS) is 12.3. The van der Waals surface area contributed by atoms with Crippen molar-refractivity contribution in [3.8, 4) is 33.4 Å². The van der Waals surface area contributed by atoms with E-state index in [9.17, 15) is 0 Å². The second kappa shape index (κ2) is 11.3. The van der Waals surface area contributed by atoms with Crippen LogP contribution in [-0.4, -0.2) is 19.9 Å². The van der Waals surface area contributed by atoms with Gasteiger partial charge in [0.2, 0.25) is 0 Å². The standard InChI is InChI=1S/C46H32N4/c1-28-32-19-11-12-20-33(32)45-40-26-25-38(49-40)43(30-15-7-3-8-16-30)36-22-21-35(47-36)42(29-13-5-2-6-14-29)37-23-24-39(48-37)44(31-17-9-4-10-18-31)41-27-34(28)46(45)50-41/h2-26,47,49H,27H2,1H3. The van der Waals surface area contributed by atoms with Gasteiger partial charge in [-0.3, -0.25) is 4.98 Å². The molecule has 0 fully saturated rings. The van der Waals surface area contributed by atoms with Crippen molar-refractivity contribution in [2.75, 3.05) is 0 Å². The fraction of sp³-hybridized carbons (Fsp3) is 0.0435. The van der Waals surface area contributed by atoms with Crippen LogP contribution < -0.4 is 0 Å². The number of hydrogen-bond acceptors (Lipinski definition) is 2. The zero-order valence-corrected chi connectivity index (χ0v) is 27.5. The third kappa shape index (κ3) is 4.46. The molecule has 0 amide bonds. The molecule has 8 bridgehead atoms. The Hall–Kier alpha value is -6.52. The van der Waals surface area contributed by atoms with Crippen molar-refractivity contribution in [2.24, 2.45) is 0 Å². The highest BCUT2D eigenvalue weighted by molar-refractivity contribution is 6.16. The van der Waals surface area contributed by atoms with Gasteiger partial charge < -0.3 is 9.97 Å². The number of aromatic nitrogens is 4. The highest BCUT2D eigenvalue weighted by Gasteiger charge is 2.23. The van der Waals surface area contributed by atoms with Crippen LogP contribution >= 0.6 is 0 Å². The third-order valence-corrected chi connectivity index (χ3v) is 10.2. The lowest BCUT2D eigenvalue weighted by atomic mass is 9.93. The molecular weight excluding hydrogens is 609 g/mol. The molecule has 0 saturated heterocycles. The molecule has 2 N–H and O–H groups in total. The summed E-state index contributed by atoms with van der Waals surface area (Å²) in [7, 11) is 0. The molecular formula is C46H32N4. The molecule has 2 aliphatic rings. The Labute approximate surface area is 289 Å². The van der Waals surface area contributed by atoms with Gasteiger partial charge in [-0.15, -0.1) is 0 Å². The summed E-state index contributed by atoms with van der Waals surface area (Å²) in [6, 6.07) is 49.4. The summed E-state index contributed by atoms with van der Waals surface area (Å²) in [6.45, 7) is 2.25. The van der Waals surface area contributed by atoms with E-state index in [1.165, 1.54) is 21.9 Å². The first-order chi connectivity index (χ1) is 24.7. The van der Waals surface area contributed by atoms with Gasteiger partial charge in [0.15, 0.2) is 0 Å². The molecule has 0 atom stereocenters. The Bertz CT molecular complexity index is 2830. The summed E-state index contributed by atoms with van der Waals surface area (Å²) in [5.74, 6) is 0. The fourth-order valence-electron chi connectivity index (χ4n) is 7.93. The minimum absolute atomic E-state index is 0.731. The molecule has 5 heterocycles. The van der Waals surface area contributed by atoms with Crippen LogP contribution in [0.4, 0.5) is 0 Å². The monoisotopic (exact) mass is 640 g/mol. The molecule has 3 aromatic heterocycles. The SMILES string of the molecule is Cc1c2c3nc(c(-c4ccccc4)c4nc(c(-c5ccccc5)c5ccc([nH]5)c(-c5ccccc5)c5ccc([nH]5)c3c3ccccc13)C=C4)C2. The number of nitrogens with one attached hydrogen (secondary N) is 2. The quantitative estimate of drug-likeness (QED) is 0.202. The zero-order valence-electron chi connectivity index (χ0n) is 27.5. The summed E-state index contributed by atoms with van der Waals surface area (Å²) < 4.78 is 0. The minimum Gasteiger partial charge on any atom is -0.354 e. The van der Waals surface area contributed by atoms with Crippen LogP contribution in [0.2, 0.25) is 0 Å². The van der Waals surface area contributed by atoms with Crippen molar-refractivity contribution in [3.05, 3.63) is 168 Å². The zero-order chi connectivity index (χ0) is 33.2. The van der Waals surface area contributed by atoms with Crippen LogP contribution in [0.25, 0.3) is 89.3 Å². The van der Waals surface area contributed by atoms with Crippen molar-refractivity contribution in [1.82, 2.24) is 19.9 Å². The average Bonchev–Trinajstić information content (AvgIpc) is 4.00. The van der Waals surface area contributed by atoms with E-state index in [4.69, 9.17) is 9.97 Å². The minimum atomic E-state index is 0.731. The highest BCUT2D eigenvalue weighted by atomic mass is 14.8. The van der Waals surface area contributed by atoms with Crippen molar-refractivity contribution in [1.29, 1.82) is 0 Å². The molecule has 50 heavy (non-hydrogen) atoms. The van der Waals surface area contributed by atoms with E-state index in [-0.39, 0.29) is 0 Å². The predicted molar refractivity (Wildman–Crippen MR) is 209 cm³/mol. The van der Waals surface area contributed by atoms with E-state index in [2.05, 4.69) is 169 Å². The van der Waals surface area contributed by atoms with Crippen LogP contribution in [-0.2, 0) is 6.42 Å². The van der Waals surface area contributed by atoms with Gasteiger partial charge in [-0.25, -0.2) is 4.98 Å². The fourth-order valence-corrected chi connectivity index (χ4v) is 7.93. The van der Waals surface area contributed by atoms with E-state index in [1.54, 1.807) is 0 Å². The largest absolute Gasteiger partial charge is 0.354 e. The molecule has 4 nitrogen and oxygen atoms in total. The highest BCUT2D eigenvalue weighted by Crippen LogP contribution is 2.41. The Balaban J connectivity index is 1.45. The van der Waals surface area contributed by atoms with Crippen molar-refractivity contribution in [2.45, 2.75) is 13.3 Å². The number of aryl methyl sites for hydroxylation is 1. The Morgan fingerprint density at radius 3 is 1.58 bits per heavy atom. The Morgan fingerprint density at radius 1 is 0.460 bits per heavy atom. The number of H-pyrrole nitrogens is 2. The maximum absolute atomic E-state index is 5.56. The molecule has 10 rings (SSSR count). The van der Waals surface area contributed by atoms with Gasteiger partial charge in [-0.2, -0.15) is 0 Å². The lowest BCUT2D eigenvalue weighted by molar-refractivity contribution is 1.17. The number of aromatic amines is 2. The van der Waals surface area contributed by atoms with E-state index >= 15 is 0 Å². The first-order valence-corrected chi connectivity index (χ1v) is 17.1. The van der Waals surface area contributed by atoms with Crippen molar-refractivity contribution >= 4 is 55.9 Å². The molecule has 0 radical (unpaired) electrons. The third-order valence-electron chi connectivity index (χ3n) is 10.2. The summed E-state index contributed by atoms with van der Waals surface area (Å²) in [5.41, 5.74) is 17.2. The summed E-state index contributed by atoms with van der Waals surface area (Å²) >= 11 is 0. The van der Waals surface area contributed by atoms with Gasteiger partial charge in [-0.1, -0.05) is 115 Å². The van der Waals surface area contributed by atoms with Crippen LogP contribution in [0.3, 0.4) is 0 Å². The van der Waals surface area contributed by atoms with Gasteiger partial charge in [-0.05, 0) is 81.9 Å². The van der Waals surface area contributed by atoms with Crippen molar-refractivity contribution < 1.29 is 0 Å². The maximum atomic E-state index is 5.56. The molecule has 0 unspecified atom stereocenters. The Kier molecular flexibility index (Phi) is 6.43. The van der Waals surface area contributed by atoms with Gasteiger partial charge >= 0.3 is 0 Å². The second-order valence-electron chi connectivity index (χ2n) is 13.1. The average molecular weight is 641 g/mol. The van der Waals surface area contributed by atoms with E-state index in [0.29, 0.717) is 0 Å². The first-order valence-electron chi connectivity index (χ1n) is 17.1. The predicted octanol–water partition coefficient (Wildman–Crippen LogP) is 11.7. The van der Waals surface area contributed by atoms with E-state index in [0.717, 1.165) is 89.9 Å². The number of hydrogen-bond donors (Lipinski definition) is 2. The molecule has 4 heteroatoms. The lowest BCUT2D eigenvalue weighted by Gasteiger charge is -2.10. The molecule has 0 spiro atoms. The van der Waals surface area contributed by atoms with E-state index in [1.807, 2.05) is 0 Å². The maximum Gasteiger partial charge on any atom is 0.0771 e. The summed E-state index contributed by atoms with van der Waals surface area (Å²) in [5, 5.41) is 3.59. The molecule has 0 saturated carbocycles. The number of rotatable bonds is 3. The molecule has 2 aliphatic heterocycles. The smallest absolute Gasteiger partial charge is 0.0771 e. The van der Waals surface area contributed by atoms with Crippen LogP contribution in [0.5, 0.6) is 0 Å². The van der Waals surface area contributed by atoms with Gasteiger partial charge in [0.05, 0.1) is 22.6 Å². The first kappa shape index (κ1) is 28.5. The number of benzene rings is 5. The van der Waals surface area contributed by atoms with Gasteiger partial charge in [0.25, 0.3) is 0 Å². The molecule has 0 aliphatic carbocycles. The Morgan fingerprint density at radius 2 is 0.940 bits per heavy atom. The van der Waals surface area contributed by atoms with Crippen LogP contribution in [0.15, 0.2) is 140 Å². The second-order valence-corrected chi connectivity index (χ2v) is 13.1. The molecule has 8 aromatic rings. The molecule has 236 valence electrons. The summed E-state index contributed by atoms with van der Waals surface area (Å²) in [4.78, 5) is 18.7. The van der Waals surface area contributed by atoms with E-state index < -0.39 is 0 Å². The van der Waals surface area contributed by atoms with Crippen LogP contribution in [0, 0.1) is 6.92 Å². The van der Waals surface area contributed by atoms with Gasteiger partial charge in [0, 0.05) is 50.6 Å². The van der Waals surface area contributed by atoms with Gasteiger partial charge in [0.1, 0.15) is 0 Å². The number of nitrogens with zero attached hydrogens (tertiary/aromatic N) is 2. The number of fused-ring (bicyclic) bond motifs is 10.